The van der Waals surface area contributed by atoms with Crippen LogP contribution in [-0.2, 0) is 13.0 Å². The molecule has 0 amide bonds. The van der Waals surface area contributed by atoms with E-state index in [0.717, 1.165) is 30.0 Å². The summed E-state index contributed by atoms with van der Waals surface area (Å²) in [4.78, 5) is 11.7. The number of aromatic amines is 2. The number of rotatable bonds is 7. The second-order valence-corrected chi connectivity index (χ2v) is 7.53. The standard InChI is InChI=1S/C26H24N4/c1-3-9-19(10-4-1)16-27-24(15-21-17-28-23-14-8-7-13-22(21)23)26-29-18-25(30-26)20-11-5-2-6-12-20/h1-14,17-18,24,27-28H,15-16H2,(H,29,30). The van der Waals surface area contributed by atoms with Gasteiger partial charge in [-0.2, -0.15) is 0 Å². The molecule has 0 radical (unpaired) electrons. The Morgan fingerprint density at radius 1 is 0.833 bits per heavy atom. The average Bonchev–Trinajstić information content (AvgIpc) is 3.46. The molecule has 0 fully saturated rings. The summed E-state index contributed by atoms with van der Waals surface area (Å²) in [6, 6.07) is 29.3. The van der Waals surface area contributed by atoms with Gasteiger partial charge in [-0.3, -0.25) is 0 Å². The quantitative estimate of drug-likeness (QED) is 0.336. The molecule has 3 N–H and O–H groups in total. The highest BCUT2D eigenvalue weighted by atomic mass is 15.0. The summed E-state index contributed by atoms with van der Waals surface area (Å²) in [5.74, 6) is 0.954. The Hall–Kier alpha value is -3.63. The molecule has 4 nitrogen and oxygen atoms in total. The normalized spacial score (nSPS) is 12.3. The lowest BCUT2D eigenvalue weighted by Gasteiger charge is -2.17. The second-order valence-electron chi connectivity index (χ2n) is 7.53. The maximum absolute atomic E-state index is 4.74. The molecule has 0 saturated carbocycles. The van der Waals surface area contributed by atoms with Gasteiger partial charge in [0.05, 0.1) is 17.9 Å². The molecule has 0 saturated heterocycles. The number of aromatic nitrogens is 3. The summed E-state index contributed by atoms with van der Waals surface area (Å²) in [5, 5.41) is 4.98. The van der Waals surface area contributed by atoms with Crippen molar-refractivity contribution >= 4 is 10.9 Å². The zero-order chi connectivity index (χ0) is 20.2. The molecule has 4 heteroatoms. The molecule has 1 atom stereocenters. The lowest BCUT2D eigenvalue weighted by Crippen LogP contribution is -2.24. The highest BCUT2D eigenvalue weighted by Gasteiger charge is 2.18. The van der Waals surface area contributed by atoms with Gasteiger partial charge in [0.15, 0.2) is 0 Å². The molecule has 2 heterocycles. The Labute approximate surface area is 176 Å². The van der Waals surface area contributed by atoms with E-state index in [2.05, 4.69) is 82.1 Å². The van der Waals surface area contributed by atoms with Crippen LogP contribution in [0.3, 0.4) is 0 Å². The zero-order valence-electron chi connectivity index (χ0n) is 16.7. The maximum atomic E-state index is 4.74. The van der Waals surface area contributed by atoms with E-state index in [1.165, 1.54) is 22.0 Å². The summed E-state index contributed by atoms with van der Waals surface area (Å²) < 4.78 is 0. The van der Waals surface area contributed by atoms with Crippen LogP contribution in [0, 0.1) is 0 Å². The number of imidazole rings is 1. The highest BCUT2D eigenvalue weighted by molar-refractivity contribution is 5.83. The van der Waals surface area contributed by atoms with Crippen molar-refractivity contribution in [2.75, 3.05) is 0 Å². The number of para-hydroxylation sites is 1. The number of benzene rings is 3. The fourth-order valence-corrected chi connectivity index (χ4v) is 3.90. The van der Waals surface area contributed by atoms with Gasteiger partial charge >= 0.3 is 0 Å². The summed E-state index contributed by atoms with van der Waals surface area (Å²) in [7, 11) is 0. The molecule has 2 aromatic heterocycles. The Balaban J connectivity index is 1.44. The van der Waals surface area contributed by atoms with Gasteiger partial charge < -0.3 is 15.3 Å². The van der Waals surface area contributed by atoms with Crippen LogP contribution in [0.2, 0.25) is 0 Å². The van der Waals surface area contributed by atoms with Gasteiger partial charge in [-0.05, 0) is 29.2 Å². The number of nitrogens with one attached hydrogen (secondary N) is 3. The van der Waals surface area contributed by atoms with Gasteiger partial charge in [-0.25, -0.2) is 4.98 Å². The van der Waals surface area contributed by atoms with E-state index in [0.29, 0.717) is 0 Å². The van der Waals surface area contributed by atoms with E-state index in [1.54, 1.807) is 0 Å². The lowest BCUT2D eigenvalue weighted by atomic mass is 10.0. The van der Waals surface area contributed by atoms with Gasteiger partial charge in [0, 0.05) is 23.6 Å². The SMILES string of the molecule is c1ccc(CNC(Cc2c[nH]c3ccccc23)c2ncc(-c3ccccc3)[nH]2)cc1. The first-order valence-electron chi connectivity index (χ1n) is 10.3. The second kappa shape index (κ2) is 8.39. The molecule has 0 aliphatic heterocycles. The van der Waals surface area contributed by atoms with Gasteiger partial charge in [-0.1, -0.05) is 78.9 Å². The summed E-state index contributed by atoms with van der Waals surface area (Å²) in [5.41, 5.74) is 5.89. The number of nitrogens with zero attached hydrogens (tertiary/aromatic N) is 1. The Morgan fingerprint density at radius 2 is 1.57 bits per heavy atom. The monoisotopic (exact) mass is 392 g/mol. The number of fused-ring (bicyclic) bond motifs is 1. The molecule has 30 heavy (non-hydrogen) atoms. The molecule has 0 bridgehead atoms. The summed E-state index contributed by atoms with van der Waals surface area (Å²) in [6.07, 6.45) is 4.89. The first kappa shape index (κ1) is 18.4. The topological polar surface area (TPSA) is 56.5 Å². The highest BCUT2D eigenvalue weighted by Crippen LogP contribution is 2.25. The van der Waals surface area contributed by atoms with Crippen molar-refractivity contribution in [3.8, 4) is 11.3 Å². The molecule has 5 aromatic rings. The average molecular weight is 393 g/mol. The van der Waals surface area contributed by atoms with Crippen LogP contribution < -0.4 is 5.32 Å². The lowest BCUT2D eigenvalue weighted by molar-refractivity contribution is 0.510. The summed E-state index contributed by atoms with van der Waals surface area (Å²) >= 11 is 0. The molecule has 1 unspecified atom stereocenters. The van der Waals surface area contributed by atoms with Crippen LogP contribution in [0.25, 0.3) is 22.2 Å². The first-order chi connectivity index (χ1) is 14.9. The molecule has 148 valence electrons. The van der Waals surface area contributed by atoms with Crippen LogP contribution >= 0.6 is 0 Å². The molecular formula is C26H24N4. The predicted octanol–water partition coefficient (Wildman–Crippen LogP) is 5.63. The van der Waals surface area contributed by atoms with Crippen LogP contribution in [0.1, 0.15) is 23.0 Å². The van der Waals surface area contributed by atoms with Gasteiger partial charge in [0.2, 0.25) is 0 Å². The summed E-state index contributed by atoms with van der Waals surface area (Å²) in [6.45, 7) is 0.787. The molecule has 3 aromatic carbocycles. The first-order valence-corrected chi connectivity index (χ1v) is 10.3. The Kier molecular flexibility index (Phi) is 5.15. The minimum absolute atomic E-state index is 0.0712. The number of hydrogen-bond acceptors (Lipinski definition) is 2. The van der Waals surface area contributed by atoms with E-state index in [-0.39, 0.29) is 6.04 Å². The fourth-order valence-electron chi connectivity index (χ4n) is 3.90. The van der Waals surface area contributed by atoms with E-state index < -0.39 is 0 Å². The van der Waals surface area contributed by atoms with Crippen molar-refractivity contribution < 1.29 is 0 Å². The van der Waals surface area contributed by atoms with Gasteiger partial charge in [0.1, 0.15) is 5.82 Å². The van der Waals surface area contributed by atoms with Crippen LogP contribution in [-0.4, -0.2) is 15.0 Å². The Bertz CT molecular complexity index is 1220. The van der Waals surface area contributed by atoms with Crippen molar-refractivity contribution in [2.45, 2.75) is 19.0 Å². The molecule has 0 aliphatic carbocycles. The smallest absolute Gasteiger partial charge is 0.124 e. The fraction of sp³-hybridized carbons (Fsp3) is 0.115. The predicted molar refractivity (Wildman–Crippen MR) is 122 cm³/mol. The molecule has 5 rings (SSSR count). The molecular weight excluding hydrogens is 368 g/mol. The van der Waals surface area contributed by atoms with Crippen LogP contribution in [0.15, 0.2) is 97.3 Å². The van der Waals surface area contributed by atoms with Crippen LogP contribution in [0.4, 0.5) is 0 Å². The van der Waals surface area contributed by atoms with Crippen molar-refractivity contribution in [3.05, 3.63) is 114 Å². The largest absolute Gasteiger partial charge is 0.361 e. The van der Waals surface area contributed by atoms with E-state index in [4.69, 9.17) is 4.98 Å². The van der Waals surface area contributed by atoms with Crippen LogP contribution in [0.5, 0.6) is 0 Å². The van der Waals surface area contributed by atoms with E-state index in [1.807, 2.05) is 30.5 Å². The van der Waals surface area contributed by atoms with Gasteiger partial charge in [0.25, 0.3) is 0 Å². The van der Waals surface area contributed by atoms with E-state index >= 15 is 0 Å². The molecule has 0 spiro atoms. The third-order valence-electron chi connectivity index (χ3n) is 5.50. The number of hydrogen-bond donors (Lipinski definition) is 3. The third kappa shape index (κ3) is 3.91. The van der Waals surface area contributed by atoms with Crippen molar-refractivity contribution in [2.24, 2.45) is 0 Å². The minimum Gasteiger partial charge on any atom is -0.361 e. The number of H-pyrrole nitrogens is 2. The zero-order valence-corrected chi connectivity index (χ0v) is 16.7. The molecule has 0 aliphatic rings. The van der Waals surface area contributed by atoms with Crippen molar-refractivity contribution in [1.29, 1.82) is 0 Å². The third-order valence-corrected chi connectivity index (χ3v) is 5.50. The maximum Gasteiger partial charge on any atom is 0.124 e. The van der Waals surface area contributed by atoms with E-state index in [9.17, 15) is 0 Å². The van der Waals surface area contributed by atoms with Crippen molar-refractivity contribution in [1.82, 2.24) is 20.3 Å². The Morgan fingerprint density at radius 3 is 2.40 bits per heavy atom. The minimum atomic E-state index is 0.0712. The van der Waals surface area contributed by atoms with Gasteiger partial charge in [-0.15, -0.1) is 0 Å². The van der Waals surface area contributed by atoms with Crippen molar-refractivity contribution in [3.63, 3.8) is 0 Å².